The summed E-state index contributed by atoms with van der Waals surface area (Å²) >= 11 is 0. The van der Waals surface area contributed by atoms with Crippen LogP contribution in [0.3, 0.4) is 0 Å². The molecule has 8 nitrogen and oxygen atoms in total. The average molecular weight is 379 g/mol. The Morgan fingerprint density at radius 3 is 2.54 bits per heavy atom. The molecule has 3 aromatic rings. The summed E-state index contributed by atoms with van der Waals surface area (Å²) in [5, 5.41) is 11.6. The van der Waals surface area contributed by atoms with Crippen LogP contribution >= 0.6 is 0 Å². The Labute approximate surface area is 161 Å². The first-order chi connectivity index (χ1) is 13.7. The van der Waals surface area contributed by atoms with Gasteiger partial charge in [-0.1, -0.05) is 0 Å². The van der Waals surface area contributed by atoms with E-state index in [2.05, 4.69) is 30.4 Å². The van der Waals surface area contributed by atoms with Gasteiger partial charge in [-0.3, -0.25) is 14.8 Å². The molecule has 0 radical (unpaired) electrons. The lowest BCUT2D eigenvalue weighted by molar-refractivity contribution is 0.0745. The molecule has 3 aromatic heterocycles. The minimum absolute atomic E-state index is 0.214. The number of hydrogen-bond acceptors (Lipinski definition) is 7. The largest absolute Gasteiger partial charge is 0.352 e. The van der Waals surface area contributed by atoms with E-state index in [1.54, 1.807) is 17.3 Å². The molecule has 0 bridgehead atoms. The topological polar surface area (TPSA) is 87.1 Å². The molecule has 142 valence electrons. The number of rotatable bonds is 4. The Morgan fingerprint density at radius 1 is 1.00 bits per heavy atom. The van der Waals surface area contributed by atoms with E-state index >= 15 is 0 Å². The third kappa shape index (κ3) is 4.03. The molecule has 9 heteroatoms. The highest BCUT2D eigenvalue weighted by Gasteiger charge is 2.23. The molecule has 28 heavy (non-hydrogen) atoms. The molecule has 4 rings (SSSR count). The molecule has 0 atom stereocenters. The molecular formula is C19H18FN7O. The number of carbonyl (C=O) groups is 1. The summed E-state index contributed by atoms with van der Waals surface area (Å²) in [7, 11) is 0. The molecule has 0 spiro atoms. The van der Waals surface area contributed by atoms with Crippen LogP contribution in [0.4, 0.5) is 21.7 Å². The summed E-state index contributed by atoms with van der Waals surface area (Å²) < 4.78 is 13.3. The minimum atomic E-state index is -0.514. The maximum atomic E-state index is 13.3. The summed E-state index contributed by atoms with van der Waals surface area (Å²) in [6.07, 6.45) is 5.88. The first-order valence-electron chi connectivity index (χ1n) is 8.84. The highest BCUT2D eigenvalue weighted by atomic mass is 19.1. The van der Waals surface area contributed by atoms with Crippen LogP contribution in [0.5, 0.6) is 0 Å². The van der Waals surface area contributed by atoms with E-state index in [9.17, 15) is 9.18 Å². The smallest absolute Gasteiger partial charge is 0.255 e. The summed E-state index contributed by atoms with van der Waals surface area (Å²) in [4.78, 5) is 24.0. The van der Waals surface area contributed by atoms with Crippen molar-refractivity contribution in [3.63, 3.8) is 0 Å². The molecule has 0 aromatic carbocycles. The van der Waals surface area contributed by atoms with E-state index in [0.29, 0.717) is 32.0 Å². The van der Waals surface area contributed by atoms with Gasteiger partial charge in [0.15, 0.2) is 11.6 Å². The zero-order valence-electron chi connectivity index (χ0n) is 15.0. The van der Waals surface area contributed by atoms with Gasteiger partial charge in [0.1, 0.15) is 5.82 Å². The SMILES string of the molecule is O=C(c1cncc(F)c1)N1CCN(c2ccc(Nc3cccnc3)nn2)CC1. The second kappa shape index (κ2) is 7.95. The predicted octanol–water partition coefficient (Wildman–Crippen LogP) is 2.11. The molecule has 1 fully saturated rings. The first-order valence-corrected chi connectivity index (χ1v) is 8.84. The van der Waals surface area contributed by atoms with Crippen LogP contribution in [-0.2, 0) is 0 Å². The van der Waals surface area contributed by atoms with Gasteiger partial charge >= 0.3 is 0 Å². The van der Waals surface area contributed by atoms with Crippen molar-refractivity contribution in [3.8, 4) is 0 Å². The van der Waals surface area contributed by atoms with Crippen LogP contribution in [-0.4, -0.2) is 57.2 Å². The minimum Gasteiger partial charge on any atom is -0.352 e. The average Bonchev–Trinajstić information content (AvgIpc) is 2.75. The number of pyridine rings is 2. The Hall–Kier alpha value is -3.62. The predicted molar refractivity (Wildman–Crippen MR) is 102 cm³/mol. The Bertz CT molecular complexity index is 944. The quantitative estimate of drug-likeness (QED) is 0.743. The van der Waals surface area contributed by atoms with Gasteiger partial charge in [0, 0.05) is 38.6 Å². The number of carbonyl (C=O) groups excluding carboxylic acids is 1. The second-order valence-electron chi connectivity index (χ2n) is 6.31. The highest BCUT2D eigenvalue weighted by molar-refractivity contribution is 5.94. The molecule has 0 aliphatic carbocycles. The number of aromatic nitrogens is 4. The van der Waals surface area contributed by atoms with E-state index in [1.807, 2.05) is 24.3 Å². The van der Waals surface area contributed by atoms with Gasteiger partial charge in [0.2, 0.25) is 0 Å². The van der Waals surface area contributed by atoms with E-state index in [4.69, 9.17) is 0 Å². The number of nitrogens with one attached hydrogen (secondary N) is 1. The maximum Gasteiger partial charge on any atom is 0.255 e. The third-order valence-corrected chi connectivity index (χ3v) is 4.43. The van der Waals surface area contributed by atoms with Crippen LogP contribution in [0, 0.1) is 5.82 Å². The van der Waals surface area contributed by atoms with Gasteiger partial charge in [-0.25, -0.2) is 4.39 Å². The monoisotopic (exact) mass is 379 g/mol. The van der Waals surface area contributed by atoms with Gasteiger partial charge in [-0.2, -0.15) is 0 Å². The molecule has 1 aliphatic heterocycles. The van der Waals surface area contributed by atoms with Crippen molar-refractivity contribution in [1.82, 2.24) is 25.1 Å². The normalized spacial score (nSPS) is 14.0. The Morgan fingerprint density at radius 2 is 1.86 bits per heavy atom. The van der Waals surface area contributed by atoms with Gasteiger partial charge in [0.25, 0.3) is 5.91 Å². The number of nitrogens with zero attached hydrogens (tertiary/aromatic N) is 6. The number of hydrogen-bond donors (Lipinski definition) is 1. The van der Waals surface area contributed by atoms with E-state index < -0.39 is 5.82 Å². The van der Waals surface area contributed by atoms with Crippen molar-refractivity contribution in [2.24, 2.45) is 0 Å². The lowest BCUT2D eigenvalue weighted by atomic mass is 10.2. The summed E-state index contributed by atoms with van der Waals surface area (Å²) in [6.45, 7) is 2.29. The first kappa shape index (κ1) is 17.8. The molecular weight excluding hydrogens is 361 g/mol. The zero-order valence-corrected chi connectivity index (χ0v) is 15.0. The van der Waals surface area contributed by atoms with Crippen LogP contribution in [0.25, 0.3) is 0 Å². The molecule has 1 aliphatic rings. The molecule has 0 unspecified atom stereocenters. The van der Waals surface area contributed by atoms with Crippen LogP contribution in [0.1, 0.15) is 10.4 Å². The standard InChI is InChI=1S/C19H18FN7O/c20-15-10-14(11-22-12-15)19(28)27-8-6-26(7-9-27)18-4-3-17(24-25-18)23-16-2-1-5-21-13-16/h1-5,10-13H,6-9H2,(H,23,24). The fraction of sp³-hybridized carbons (Fsp3) is 0.211. The van der Waals surface area contributed by atoms with Crippen LogP contribution in [0.2, 0.25) is 0 Å². The van der Waals surface area contributed by atoms with Crippen LogP contribution < -0.4 is 10.2 Å². The van der Waals surface area contributed by atoms with Crippen molar-refractivity contribution >= 4 is 23.2 Å². The lowest BCUT2D eigenvalue weighted by Crippen LogP contribution is -2.49. The highest BCUT2D eigenvalue weighted by Crippen LogP contribution is 2.17. The van der Waals surface area contributed by atoms with Gasteiger partial charge in [0.05, 0.1) is 23.6 Å². The summed E-state index contributed by atoms with van der Waals surface area (Å²) in [5.41, 5.74) is 1.10. The zero-order chi connectivity index (χ0) is 19.3. The van der Waals surface area contributed by atoms with Crippen LogP contribution in [0.15, 0.2) is 55.1 Å². The van der Waals surface area contributed by atoms with E-state index in [0.717, 1.165) is 17.7 Å². The summed E-state index contributed by atoms with van der Waals surface area (Å²) in [6, 6.07) is 8.68. The fourth-order valence-corrected chi connectivity index (χ4v) is 3.00. The van der Waals surface area contributed by atoms with Crippen molar-refractivity contribution in [1.29, 1.82) is 0 Å². The van der Waals surface area contributed by atoms with Crippen molar-refractivity contribution in [2.45, 2.75) is 0 Å². The molecule has 1 N–H and O–H groups in total. The lowest BCUT2D eigenvalue weighted by Gasteiger charge is -2.35. The van der Waals surface area contributed by atoms with E-state index in [1.165, 1.54) is 12.3 Å². The van der Waals surface area contributed by atoms with E-state index in [-0.39, 0.29) is 11.5 Å². The maximum absolute atomic E-state index is 13.3. The Kier molecular flexibility index (Phi) is 5.05. The second-order valence-corrected chi connectivity index (χ2v) is 6.31. The van der Waals surface area contributed by atoms with Gasteiger partial charge in [-0.15, -0.1) is 10.2 Å². The molecule has 1 amide bonds. The fourth-order valence-electron chi connectivity index (χ4n) is 3.00. The number of halogens is 1. The van der Waals surface area contributed by atoms with Crippen molar-refractivity contribution in [3.05, 3.63) is 66.5 Å². The van der Waals surface area contributed by atoms with Gasteiger partial charge < -0.3 is 15.1 Å². The third-order valence-electron chi connectivity index (χ3n) is 4.43. The van der Waals surface area contributed by atoms with Gasteiger partial charge in [-0.05, 0) is 30.3 Å². The molecule has 1 saturated heterocycles. The van der Waals surface area contributed by atoms with Crippen molar-refractivity contribution in [2.75, 3.05) is 36.4 Å². The number of amides is 1. The Balaban J connectivity index is 1.35. The molecule has 0 saturated carbocycles. The molecule has 4 heterocycles. The number of piperazine rings is 1. The summed E-state index contributed by atoms with van der Waals surface area (Å²) in [5.74, 6) is 0.647. The number of anilines is 3. The van der Waals surface area contributed by atoms with Crippen molar-refractivity contribution < 1.29 is 9.18 Å².